The van der Waals surface area contributed by atoms with E-state index in [0.717, 1.165) is 18.3 Å². The number of nitrogens with zero attached hydrogens (tertiary/aromatic N) is 1. The molecule has 2 aliphatic carbocycles. The number of aromatic nitrogens is 1. The summed E-state index contributed by atoms with van der Waals surface area (Å²) in [5.74, 6) is 2.00. The molecule has 1 aromatic rings. The molecule has 0 spiro atoms. The van der Waals surface area contributed by atoms with Gasteiger partial charge in [-0.3, -0.25) is 0 Å². The van der Waals surface area contributed by atoms with E-state index in [4.69, 9.17) is 4.98 Å². The molecule has 0 atom stereocenters. The highest BCUT2D eigenvalue weighted by atomic mass is 15.0. The molecule has 0 aliphatic heterocycles. The molecular formula is C13H18N2. The molecule has 1 aromatic heterocycles. The van der Waals surface area contributed by atoms with Gasteiger partial charge in [0.15, 0.2) is 0 Å². The molecule has 1 fully saturated rings. The van der Waals surface area contributed by atoms with Crippen molar-refractivity contribution in [2.75, 3.05) is 11.9 Å². The van der Waals surface area contributed by atoms with Crippen molar-refractivity contribution in [3.8, 4) is 0 Å². The maximum Gasteiger partial charge on any atom is 0.126 e. The molecule has 0 unspecified atom stereocenters. The SMILES string of the molecule is c1cc2c(nc1NCC1CC1)CCCC2. The number of fused-ring (bicyclic) bond motifs is 1. The fourth-order valence-corrected chi connectivity index (χ4v) is 2.25. The summed E-state index contributed by atoms with van der Waals surface area (Å²) in [4.78, 5) is 4.70. The summed E-state index contributed by atoms with van der Waals surface area (Å²) in [5.41, 5.74) is 2.81. The first kappa shape index (κ1) is 9.20. The molecule has 0 radical (unpaired) electrons. The number of hydrogen-bond donors (Lipinski definition) is 1. The van der Waals surface area contributed by atoms with Crippen molar-refractivity contribution in [1.29, 1.82) is 0 Å². The Morgan fingerprint density at radius 1 is 1.20 bits per heavy atom. The Labute approximate surface area is 91.1 Å². The third-order valence-corrected chi connectivity index (χ3v) is 3.45. The zero-order valence-corrected chi connectivity index (χ0v) is 9.13. The van der Waals surface area contributed by atoms with Crippen LogP contribution in [0, 0.1) is 5.92 Å². The van der Waals surface area contributed by atoms with Crippen LogP contribution in [0.1, 0.15) is 36.9 Å². The molecule has 2 heteroatoms. The first-order valence-corrected chi connectivity index (χ1v) is 6.14. The Kier molecular flexibility index (Phi) is 2.35. The van der Waals surface area contributed by atoms with Crippen molar-refractivity contribution in [2.24, 2.45) is 5.92 Å². The van der Waals surface area contributed by atoms with E-state index in [9.17, 15) is 0 Å². The van der Waals surface area contributed by atoms with Crippen LogP contribution in [0.5, 0.6) is 0 Å². The third-order valence-electron chi connectivity index (χ3n) is 3.45. The van der Waals surface area contributed by atoms with Crippen LogP contribution in [0.4, 0.5) is 5.82 Å². The number of anilines is 1. The number of rotatable bonds is 3. The molecule has 2 nitrogen and oxygen atoms in total. The summed E-state index contributed by atoms with van der Waals surface area (Å²) < 4.78 is 0. The second-order valence-electron chi connectivity index (χ2n) is 4.83. The van der Waals surface area contributed by atoms with E-state index >= 15 is 0 Å². The molecule has 80 valence electrons. The van der Waals surface area contributed by atoms with Gasteiger partial charge in [-0.2, -0.15) is 0 Å². The van der Waals surface area contributed by atoms with Crippen molar-refractivity contribution in [3.63, 3.8) is 0 Å². The largest absolute Gasteiger partial charge is 0.370 e. The molecular weight excluding hydrogens is 184 g/mol. The summed E-state index contributed by atoms with van der Waals surface area (Å²) in [6, 6.07) is 4.41. The lowest BCUT2D eigenvalue weighted by atomic mass is 9.96. The van der Waals surface area contributed by atoms with Gasteiger partial charge in [0.05, 0.1) is 0 Å². The molecule has 15 heavy (non-hydrogen) atoms. The summed E-state index contributed by atoms with van der Waals surface area (Å²) in [6.45, 7) is 1.12. The summed E-state index contributed by atoms with van der Waals surface area (Å²) in [7, 11) is 0. The van der Waals surface area contributed by atoms with Gasteiger partial charge in [0.2, 0.25) is 0 Å². The van der Waals surface area contributed by atoms with Gasteiger partial charge in [-0.1, -0.05) is 6.07 Å². The number of aryl methyl sites for hydroxylation is 2. The van der Waals surface area contributed by atoms with Crippen LogP contribution in [-0.2, 0) is 12.8 Å². The zero-order chi connectivity index (χ0) is 10.1. The van der Waals surface area contributed by atoms with Crippen LogP contribution in [0.15, 0.2) is 12.1 Å². The highest BCUT2D eigenvalue weighted by molar-refractivity contribution is 5.39. The lowest BCUT2D eigenvalue weighted by Gasteiger charge is -2.15. The quantitative estimate of drug-likeness (QED) is 0.815. The van der Waals surface area contributed by atoms with Crippen molar-refractivity contribution >= 4 is 5.82 Å². The summed E-state index contributed by atoms with van der Waals surface area (Å²) >= 11 is 0. The highest BCUT2D eigenvalue weighted by Crippen LogP contribution is 2.29. The third kappa shape index (κ3) is 2.14. The van der Waals surface area contributed by atoms with Crippen LogP contribution in [0.3, 0.4) is 0 Å². The van der Waals surface area contributed by atoms with Gasteiger partial charge in [-0.15, -0.1) is 0 Å². The van der Waals surface area contributed by atoms with Gasteiger partial charge in [-0.25, -0.2) is 4.98 Å². The van der Waals surface area contributed by atoms with Crippen LogP contribution in [0.2, 0.25) is 0 Å². The molecule has 3 rings (SSSR count). The Balaban J connectivity index is 1.71. The van der Waals surface area contributed by atoms with E-state index in [1.165, 1.54) is 49.8 Å². The Hall–Kier alpha value is -1.05. The smallest absolute Gasteiger partial charge is 0.126 e. The van der Waals surface area contributed by atoms with Gasteiger partial charge >= 0.3 is 0 Å². The van der Waals surface area contributed by atoms with Crippen LogP contribution in [0.25, 0.3) is 0 Å². The topological polar surface area (TPSA) is 24.9 Å². The standard InChI is InChI=1S/C13H18N2/c1-2-4-12-11(3-1)7-8-13(15-12)14-9-10-5-6-10/h7-8,10H,1-6,9H2,(H,14,15). The fraction of sp³-hybridized carbons (Fsp3) is 0.615. The minimum Gasteiger partial charge on any atom is -0.370 e. The van der Waals surface area contributed by atoms with Crippen LogP contribution >= 0.6 is 0 Å². The zero-order valence-electron chi connectivity index (χ0n) is 9.13. The normalized spacial score (nSPS) is 19.7. The predicted molar refractivity (Wildman–Crippen MR) is 62.1 cm³/mol. The predicted octanol–water partition coefficient (Wildman–Crippen LogP) is 2.78. The monoisotopic (exact) mass is 202 g/mol. The molecule has 0 saturated heterocycles. The average molecular weight is 202 g/mol. The van der Waals surface area contributed by atoms with Crippen molar-refractivity contribution in [2.45, 2.75) is 38.5 Å². The van der Waals surface area contributed by atoms with Crippen molar-refractivity contribution in [3.05, 3.63) is 23.4 Å². The van der Waals surface area contributed by atoms with Crippen molar-refractivity contribution in [1.82, 2.24) is 4.98 Å². The van der Waals surface area contributed by atoms with E-state index in [1.54, 1.807) is 0 Å². The number of pyridine rings is 1. The molecule has 1 N–H and O–H groups in total. The summed E-state index contributed by atoms with van der Waals surface area (Å²) in [6.07, 6.45) is 7.85. The summed E-state index contributed by atoms with van der Waals surface area (Å²) in [5, 5.41) is 3.45. The first-order valence-electron chi connectivity index (χ1n) is 6.14. The Morgan fingerprint density at radius 3 is 2.93 bits per heavy atom. The van der Waals surface area contributed by atoms with E-state index in [0.29, 0.717) is 0 Å². The van der Waals surface area contributed by atoms with Gasteiger partial charge in [0, 0.05) is 12.2 Å². The van der Waals surface area contributed by atoms with E-state index in [2.05, 4.69) is 17.4 Å². The second kappa shape index (κ2) is 3.84. The van der Waals surface area contributed by atoms with Gasteiger partial charge in [-0.05, 0) is 56.1 Å². The number of nitrogens with one attached hydrogen (secondary N) is 1. The lowest BCUT2D eigenvalue weighted by Crippen LogP contribution is -2.10. The van der Waals surface area contributed by atoms with E-state index < -0.39 is 0 Å². The molecule has 2 aliphatic rings. The van der Waals surface area contributed by atoms with Gasteiger partial charge in [0.1, 0.15) is 5.82 Å². The highest BCUT2D eigenvalue weighted by Gasteiger charge is 2.20. The van der Waals surface area contributed by atoms with Crippen molar-refractivity contribution < 1.29 is 0 Å². The lowest BCUT2D eigenvalue weighted by molar-refractivity contribution is 0.668. The van der Waals surface area contributed by atoms with E-state index in [1.807, 2.05) is 0 Å². The first-order chi connectivity index (χ1) is 7.42. The molecule has 1 heterocycles. The second-order valence-corrected chi connectivity index (χ2v) is 4.83. The fourth-order valence-electron chi connectivity index (χ4n) is 2.25. The molecule has 0 amide bonds. The van der Waals surface area contributed by atoms with Crippen LogP contribution in [-0.4, -0.2) is 11.5 Å². The van der Waals surface area contributed by atoms with E-state index in [-0.39, 0.29) is 0 Å². The molecule has 0 aromatic carbocycles. The maximum absolute atomic E-state index is 4.70. The molecule has 1 saturated carbocycles. The minimum atomic E-state index is 0.919. The van der Waals surface area contributed by atoms with Gasteiger partial charge in [0.25, 0.3) is 0 Å². The minimum absolute atomic E-state index is 0.919. The molecule has 0 bridgehead atoms. The van der Waals surface area contributed by atoms with Gasteiger partial charge < -0.3 is 5.32 Å². The van der Waals surface area contributed by atoms with Crippen LogP contribution < -0.4 is 5.32 Å². The number of hydrogen-bond acceptors (Lipinski definition) is 2. The maximum atomic E-state index is 4.70. The Bertz CT molecular complexity index is 356. The Morgan fingerprint density at radius 2 is 2.07 bits per heavy atom. The average Bonchev–Trinajstić information content (AvgIpc) is 3.10.